The first-order valence-electron chi connectivity index (χ1n) is 7.87. The Morgan fingerprint density at radius 1 is 1.00 bits per heavy atom. The highest BCUT2D eigenvalue weighted by Crippen LogP contribution is 2.21. The quantitative estimate of drug-likeness (QED) is 0.594. The van der Waals surface area contributed by atoms with E-state index >= 15 is 0 Å². The summed E-state index contributed by atoms with van der Waals surface area (Å²) in [7, 11) is 0. The molecular formula is C19H23NO3. The van der Waals surface area contributed by atoms with E-state index in [9.17, 15) is 4.79 Å². The van der Waals surface area contributed by atoms with E-state index in [2.05, 4.69) is 5.32 Å². The summed E-state index contributed by atoms with van der Waals surface area (Å²) in [6.45, 7) is 5.62. The van der Waals surface area contributed by atoms with E-state index in [-0.39, 0.29) is 5.97 Å². The normalized spacial score (nSPS) is 10.3. The number of ether oxygens (including phenoxy) is 2. The molecule has 0 aromatic heterocycles. The lowest BCUT2D eigenvalue weighted by atomic mass is 10.2. The van der Waals surface area contributed by atoms with E-state index in [4.69, 9.17) is 9.47 Å². The highest BCUT2D eigenvalue weighted by molar-refractivity contribution is 5.69. The third-order valence-corrected chi connectivity index (χ3v) is 3.32. The molecule has 0 atom stereocenters. The van der Waals surface area contributed by atoms with Gasteiger partial charge in [-0.05, 0) is 43.7 Å². The van der Waals surface area contributed by atoms with Gasteiger partial charge in [0.05, 0.1) is 13.0 Å². The maximum Gasteiger partial charge on any atom is 0.307 e. The molecule has 0 saturated heterocycles. The maximum absolute atomic E-state index is 11.2. The second-order valence-electron chi connectivity index (χ2n) is 5.29. The van der Waals surface area contributed by atoms with E-state index in [1.54, 1.807) is 0 Å². The van der Waals surface area contributed by atoms with Crippen molar-refractivity contribution < 1.29 is 14.3 Å². The Bertz CT molecular complexity index is 606. The molecule has 4 nitrogen and oxygen atoms in total. The van der Waals surface area contributed by atoms with Crippen molar-refractivity contribution >= 4 is 5.97 Å². The van der Waals surface area contributed by atoms with Crippen LogP contribution in [0.1, 0.15) is 24.5 Å². The van der Waals surface area contributed by atoms with Gasteiger partial charge in [0, 0.05) is 13.1 Å². The molecule has 0 unspecified atom stereocenters. The van der Waals surface area contributed by atoms with E-state index in [0.717, 1.165) is 17.1 Å². The lowest BCUT2D eigenvalue weighted by Gasteiger charge is -2.08. The topological polar surface area (TPSA) is 47.6 Å². The smallest absolute Gasteiger partial charge is 0.307 e. The van der Waals surface area contributed by atoms with E-state index in [0.29, 0.717) is 26.1 Å². The predicted octanol–water partition coefficient (Wildman–Crippen LogP) is 3.83. The van der Waals surface area contributed by atoms with Crippen molar-refractivity contribution in [3.8, 4) is 11.5 Å². The Kier molecular flexibility index (Phi) is 6.63. The summed E-state index contributed by atoms with van der Waals surface area (Å²) >= 11 is 0. The summed E-state index contributed by atoms with van der Waals surface area (Å²) in [6, 6.07) is 15.9. The Morgan fingerprint density at radius 3 is 2.22 bits per heavy atom. The summed E-state index contributed by atoms with van der Waals surface area (Å²) < 4.78 is 10.7. The molecule has 2 aromatic carbocycles. The monoisotopic (exact) mass is 313 g/mol. The van der Waals surface area contributed by atoms with Gasteiger partial charge < -0.3 is 14.8 Å². The van der Waals surface area contributed by atoms with Gasteiger partial charge in [-0.1, -0.05) is 29.8 Å². The number of benzene rings is 2. The number of aryl methyl sites for hydroxylation is 1. The van der Waals surface area contributed by atoms with Crippen LogP contribution >= 0.6 is 0 Å². The third kappa shape index (κ3) is 6.12. The van der Waals surface area contributed by atoms with Crippen molar-refractivity contribution in [2.45, 2.75) is 26.8 Å². The van der Waals surface area contributed by atoms with Crippen LogP contribution in [0.25, 0.3) is 0 Å². The van der Waals surface area contributed by atoms with Crippen LogP contribution in [0.2, 0.25) is 0 Å². The van der Waals surface area contributed by atoms with Crippen LogP contribution in [0.3, 0.4) is 0 Å². The van der Waals surface area contributed by atoms with Gasteiger partial charge in [-0.15, -0.1) is 0 Å². The van der Waals surface area contributed by atoms with Crippen molar-refractivity contribution in [3.63, 3.8) is 0 Å². The van der Waals surface area contributed by atoms with Crippen molar-refractivity contribution in [1.82, 2.24) is 5.32 Å². The van der Waals surface area contributed by atoms with Crippen molar-refractivity contribution in [1.29, 1.82) is 0 Å². The first kappa shape index (κ1) is 17.0. The van der Waals surface area contributed by atoms with E-state index in [1.807, 2.05) is 62.4 Å². The molecule has 0 aliphatic heterocycles. The Labute approximate surface area is 137 Å². The Hall–Kier alpha value is -2.33. The van der Waals surface area contributed by atoms with Gasteiger partial charge in [0.25, 0.3) is 0 Å². The number of esters is 1. The molecule has 122 valence electrons. The Morgan fingerprint density at radius 2 is 1.61 bits per heavy atom. The van der Waals surface area contributed by atoms with Crippen LogP contribution in [-0.4, -0.2) is 19.1 Å². The van der Waals surface area contributed by atoms with Crippen LogP contribution in [-0.2, 0) is 16.1 Å². The molecule has 2 aromatic rings. The summed E-state index contributed by atoms with van der Waals surface area (Å²) in [4.78, 5) is 11.2. The largest absolute Gasteiger partial charge is 0.466 e. The van der Waals surface area contributed by atoms with Crippen molar-refractivity contribution in [3.05, 3.63) is 59.7 Å². The van der Waals surface area contributed by atoms with E-state index < -0.39 is 0 Å². The van der Waals surface area contributed by atoms with Gasteiger partial charge in [-0.25, -0.2) is 0 Å². The van der Waals surface area contributed by atoms with Gasteiger partial charge in [0.2, 0.25) is 0 Å². The van der Waals surface area contributed by atoms with Crippen molar-refractivity contribution in [2.75, 3.05) is 13.2 Å². The number of nitrogens with one attached hydrogen (secondary N) is 1. The SMILES string of the molecule is CCOC(=O)CCNCc1ccc(Oc2ccc(C)cc2)cc1. The van der Waals surface area contributed by atoms with Crippen LogP contribution in [0, 0.1) is 6.92 Å². The highest BCUT2D eigenvalue weighted by Gasteiger charge is 2.01. The minimum absolute atomic E-state index is 0.165. The minimum Gasteiger partial charge on any atom is -0.466 e. The fourth-order valence-corrected chi connectivity index (χ4v) is 2.07. The molecule has 4 heteroatoms. The molecule has 2 rings (SSSR count). The second-order valence-corrected chi connectivity index (χ2v) is 5.29. The number of carbonyl (C=O) groups is 1. The minimum atomic E-state index is -0.165. The van der Waals surface area contributed by atoms with Crippen LogP contribution in [0.15, 0.2) is 48.5 Å². The van der Waals surface area contributed by atoms with Crippen LogP contribution < -0.4 is 10.1 Å². The number of hydrogen-bond acceptors (Lipinski definition) is 4. The zero-order valence-corrected chi connectivity index (χ0v) is 13.7. The summed E-state index contributed by atoms with van der Waals surface area (Å²) in [5, 5.41) is 3.22. The number of carbonyl (C=O) groups excluding carboxylic acids is 1. The summed E-state index contributed by atoms with van der Waals surface area (Å²) in [5.41, 5.74) is 2.35. The molecule has 1 N–H and O–H groups in total. The Balaban J connectivity index is 1.76. The zero-order valence-electron chi connectivity index (χ0n) is 13.7. The summed E-state index contributed by atoms with van der Waals surface area (Å²) in [6.07, 6.45) is 0.391. The first-order chi connectivity index (χ1) is 11.2. The first-order valence-corrected chi connectivity index (χ1v) is 7.87. The molecule has 23 heavy (non-hydrogen) atoms. The second kappa shape index (κ2) is 8.96. The molecule has 0 spiro atoms. The van der Waals surface area contributed by atoms with E-state index in [1.165, 1.54) is 5.56 Å². The van der Waals surface area contributed by atoms with Gasteiger partial charge in [0.1, 0.15) is 11.5 Å². The summed E-state index contributed by atoms with van der Waals surface area (Å²) in [5.74, 6) is 1.47. The molecule has 0 heterocycles. The molecule has 0 aliphatic rings. The zero-order chi connectivity index (χ0) is 16.5. The fourth-order valence-electron chi connectivity index (χ4n) is 2.07. The number of hydrogen-bond donors (Lipinski definition) is 1. The van der Waals surface area contributed by atoms with Gasteiger partial charge in [-0.2, -0.15) is 0 Å². The standard InChI is InChI=1S/C19H23NO3/c1-3-22-19(21)12-13-20-14-16-6-10-18(11-7-16)23-17-8-4-15(2)5-9-17/h4-11,20H,3,12-14H2,1-2H3. The lowest BCUT2D eigenvalue weighted by Crippen LogP contribution is -2.18. The van der Waals surface area contributed by atoms with Crippen LogP contribution in [0.5, 0.6) is 11.5 Å². The highest BCUT2D eigenvalue weighted by atomic mass is 16.5. The fraction of sp³-hybridized carbons (Fsp3) is 0.316. The third-order valence-electron chi connectivity index (χ3n) is 3.32. The average molecular weight is 313 g/mol. The molecule has 0 saturated carbocycles. The predicted molar refractivity (Wildman–Crippen MR) is 90.7 cm³/mol. The molecule has 0 amide bonds. The van der Waals surface area contributed by atoms with Crippen molar-refractivity contribution in [2.24, 2.45) is 0 Å². The van der Waals surface area contributed by atoms with Crippen LogP contribution in [0.4, 0.5) is 0 Å². The van der Waals surface area contributed by atoms with Gasteiger partial charge in [0.15, 0.2) is 0 Å². The molecule has 0 bridgehead atoms. The van der Waals surface area contributed by atoms with Gasteiger partial charge >= 0.3 is 5.97 Å². The molecular weight excluding hydrogens is 290 g/mol. The lowest BCUT2D eigenvalue weighted by molar-refractivity contribution is -0.142. The van der Waals surface area contributed by atoms with Gasteiger partial charge in [-0.3, -0.25) is 4.79 Å². The molecule has 0 fully saturated rings. The molecule has 0 radical (unpaired) electrons. The maximum atomic E-state index is 11.2. The molecule has 0 aliphatic carbocycles. The average Bonchev–Trinajstić information content (AvgIpc) is 2.55. The number of rotatable bonds is 8.